The highest BCUT2D eigenvalue weighted by Crippen LogP contribution is 2.21. The van der Waals surface area contributed by atoms with E-state index in [1.807, 2.05) is 59.1 Å². The Morgan fingerprint density at radius 1 is 1.12 bits per heavy atom. The number of carbonyl (C=O) groups is 1. The van der Waals surface area contributed by atoms with Crippen molar-refractivity contribution < 1.29 is 4.79 Å². The number of carbonyl (C=O) groups excluding carboxylic acids is 1. The van der Waals surface area contributed by atoms with Crippen LogP contribution in [0.2, 0.25) is 0 Å². The van der Waals surface area contributed by atoms with E-state index in [1.165, 1.54) is 0 Å². The van der Waals surface area contributed by atoms with Crippen LogP contribution in [-0.4, -0.2) is 32.6 Å². The average molecular weight is 337 g/mol. The third-order valence-electron chi connectivity index (χ3n) is 4.17. The molecule has 0 aliphatic rings. The number of hydrogen-bond acceptors (Lipinski definition) is 3. The summed E-state index contributed by atoms with van der Waals surface area (Å²) in [6, 6.07) is 15.3. The minimum Gasteiger partial charge on any atom is -0.328 e. The first-order valence-corrected chi connectivity index (χ1v) is 8.41. The third kappa shape index (κ3) is 3.79. The molecule has 0 aliphatic carbocycles. The van der Waals surface area contributed by atoms with Crippen molar-refractivity contribution >= 4 is 11.7 Å². The first-order valence-electron chi connectivity index (χ1n) is 8.41. The van der Waals surface area contributed by atoms with Crippen molar-refractivity contribution in [1.29, 1.82) is 0 Å². The SMILES string of the molecule is CC(C)C(NC(=O)N(C)Cc1ccccc1)c1nnc2ccccn12. The average Bonchev–Trinajstić information content (AvgIpc) is 3.04. The van der Waals surface area contributed by atoms with Gasteiger partial charge in [0.05, 0.1) is 6.04 Å². The van der Waals surface area contributed by atoms with Gasteiger partial charge in [-0.2, -0.15) is 0 Å². The lowest BCUT2D eigenvalue weighted by molar-refractivity contribution is 0.198. The van der Waals surface area contributed by atoms with Gasteiger partial charge in [-0.3, -0.25) is 4.40 Å². The zero-order valence-electron chi connectivity index (χ0n) is 14.8. The van der Waals surface area contributed by atoms with E-state index in [0.717, 1.165) is 17.0 Å². The first kappa shape index (κ1) is 17.0. The second-order valence-corrected chi connectivity index (χ2v) is 6.50. The Labute approximate surface area is 147 Å². The van der Waals surface area contributed by atoms with Crippen LogP contribution in [0.15, 0.2) is 54.7 Å². The van der Waals surface area contributed by atoms with E-state index < -0.39 is 0 Å². The number of benzene rings is 1. The molecule has 0 fully saturated rings. The van der Waals surface area contributed by atoms with Gasteiger partial charge >= 0.3 is 6.03 Å². The van der Waals surface area contributed by atoms with Crippen molar-refractivity contribution in [2.24, 2.45) is 5.92 Å². The molecule has 1 aromatic carbocycles. The summed E-state index contributed by atoms with van der Waals surface area (Å²) in [7, 11) is 1.79. The fraction of sp³-hybridized carbons (Fsp3) is 0.316. The van der Waals surface area contributed by atoms with Crippen LogP contribution in [0.3, 0.4) is 0 Å². The van der Waals surface area contributed by atoms with E-state index in [1.54, 1.807) is 11.9 Å². The minimum atomic E-state index is -0.219. The van der Waals surface area contributed by atoms with E-state index in [2.05, 4.69) is 29.4 Å². The molecule has 1 N–H and O–H groups in total. The van der Waals surface area contributed by atoms with Crippen LogP contribution >= 0.6 is 0 Å². The molecule has 0 bridgehead atoms. The molecule has 0 radical (unpaired) electrons. The Bertz CT molecular complexity index is 843. The van der Waals surface area contributed by atoms with Crippen molar-refractivity contribution in [1.82, 2.24) is 24.8 Å². The van der Waals surface area contributed by atoms with Crippen LogP contribution in [0.25, 0.3) is 5.65 Å². The van der Waals surface area contributed by atoms with Crippen molar-refractivity contribution in [2.45, 2.75) is 26.4 Å². The molecule has 25 heavy (non-hydrogen) atoms. The highest BCUT2D eigenvalue weighted by molar-refractivity contribution is 5.74. The Kier molecular flexibility index (Phi) is 4.97. The van der Waals surface area contributed by atoms with Crippen molar-refractivity contribution in [2.75, 3.05) is 7.05 Å². The molecule has 3 aromatic rings. The molecule has 6 nitrogen and oxygen atoms in total. The second kappa shape index (κ2) is 7.34. The van der Waals surface area contributed by atoms with Gasteiger partial charge in [-0.05, 0) is 23.6 Å². The predicted molar refractivity (Wildman–Crippen MR) is 97.0 cm³/mol. The lowest BCUT2D eigenvalue weighted by Gasteiger charge is -2.25. The molecule has 1 unspecified atom stereocenters. The fourth-order valence-corrected chi connectivity index (χ4v) is 2.77. The Morgan fingerprint density at radius 2 is 1.84 bits per heavy atom. The van der Waals surface area contributed by atoms with Gasteiger partial charge < -0.3 is 10.2 Å². The molecule has 0 aliphatic heterocycles. The summed E-state index contributed by atoms with van der Waals surface area (Å²) in [5.74, 6) is 0.925. The number of rotatable bonds is 5. The summed E-state index contributed by atoms with van der Waals surface area (Å²) < 4.78 is 1.92. The molecule has 1 atom stereocenters. The summed E-state index contributed by atoms with van der Waals surface area (Å²) in [5, 5.41) is 11.6. The van der Waals surface area contributed by atoms with E-state index >= 15 is 0 Å². The zero-order valence-corrected chi connectivity index (χ0v) is 14.8. The van der Waals surface area contributed by atoms with Gasteiger partial charge in [-0.15, -0.1) is 10.2 Å². The maximum Gasteiger partial charge on any atom is 0.318 e. The molecule has 2 heterocycles. The Balaban J connectivity index is 1.76. The number of aromatic nitrogens is 3. The normalized spacial score (nSPS) is 12.3. The standard InChI is InChI=1S/C19H23N5O/c1-14(2)17(18-22-21-16-11-7-8-12-24(16)18)20-19(25)23(3)13-15-9-5-4-6-10-15/h4-12,14,17H,13H2,1-3H3,(H,20,25). The van der Waals surface area contributed by atoms with E-state index in [4.69, 9.17) is 0 Å². The number of pyridine rings is 1. The van der Waals surface area contributed by atoms with Gasteiger partial charge in [0.2, 0.25) is 0 Å². The number of amides is 2. The zero-order chi connectivity index (χ0) is 17.8. The first-order chi connectivity index (χ1) is 12.1. The van der Waals surface area contributed by atoms with Crippen LogP contribution < -0.4 is 5.32 Å². The van der Waals surface area contributed by atoms with Crippen molar-refractivity contribution in [3.05, 3.63) is 66.1 Å². The second-order valence-electron chi connectivity index (χ2n) is 6.50. The minimum absolute atomic E-state index is 0.129. The molecule has 3 rings (SSSR count). The quantitative estimate of drug-likeness (QED) is 0.777. The fourth-order valence-electron chi connectivity index (χ4n) is 2.77. The molecular weight excluding hydrogens is 314 g/mol. The number of nitrogens with zero attached hydrogens (tertiary/aromatic N) is 4. The van der Waals surface area contributed by atoms with E-state index in [0.29, 0.717) is 6.54 Å². The molecule has 130 valence electrons. The monoisotopic (exact) mass is 337 g/mol. The summed E-state index contributed by atoms with van der Waals surface area (Å²) in [4.78, 5) is 14.3. The van der Waals surface area contributed by atoms with Gasteiger partial charge in [-0.1, -0.05) is 50.2 Å². The van der Waals surface area contributed by atoms with Crippen molar-refractivity contribution in [3.8, 4) is 0 Å². The molecule has 2 amide bonds. The van der Waals surface area contributed by atoms with Gasteiger partial charge in [0.15, 0.2) is 11.5 Å². The van der Waals surface area contributed by atoms with Crippen LogP contribution in [0.4, 0.5) is 4.79 Å². The highest BCUT2D eigenvalue weighted by Gasteiger charge is 2.24. The largest absolute Gasteiger partial charge is 0.328 e. The highest BCUT2D eigenvalue weighted by atomic mass is 16.2. The van der Waals surface area contributed by atoms with Gasteiger partial charge in [-0.25, -0.2) is 4.79 Å². The van der Waals surface area contributed by atoms with Crippen LogP contribution in [0.5, 0.6) is 0 Å². The van der Waals surface area contributed by atoms with Crippen LogP contribution in [0.1, 0.15) is 31.3 Å². The summed E-state index contributed by atoms with van der Waals surface area (Å²) in [6.07, 6.45) is 1.92. The summed E-state index contributed by atoms with van der Waals surface area (Å²) in [5.41, 5.74) is 1.87. The molecular formula is C19H23N5O. The molecule has 6 heteroatoms. The van der Waals surface area contributed by atoms with E-state index in [9.17, 15) is 4.79 Å². The molecule has 0 saturated carbocycles. The molecule has 0 saturated heterocycles. The number of hydrogen-bond donors (Lipinski definition) is 1. The number of urea groups is 1. The molecule has 2 aromatic heterocycles. The lowest BCUT2D eigenvalue weighted by Crippen LogP contribution is -2.41. The summed E-state index contributed by atoms with van der Waals surface area (Å²) in [6.45, 7) is 4.68. The van der Waals surface area contributed by atoms with Crippen molar-refractivity contribution in [3.63, 3.8) is 0 Å². The van der Waals surface area contributed by atoms with Crippen LogP contribution in [-0.2, 0) is 6.54 Å². The topological polar surface area (TPSA) is 62.5 Å². The Morgan fingerprint density at radius 3 is 2.56 bits per heavy atom. The maximum absolute atomic E-state index is 12.7. The lowest BCUT2D eigenvalue weighted by atomic mass is 10.0. The number of nitrogens with one attached hydrogen (secondary N) is 1. The van der Waals surface area contributed by atoms with Gasteiger partial charge in [0.25, 0.3) is 0 Å². The molecule has 0 spiro atoms. The van der Waals surface area contributed by atoms with Gasteiger partial charge in [0, 0.05) is 19.8 Å². The summed E-state index contributed by atoms with van der Waals surface area (Å²) >= 11 is 0. The Hall–Kier alpha value is -2.89. The third-order valence-corrected chi connectivity index (χ3v) is 4.17. The van der Waals surface area contributed by atoms with E-state index in [-0.39, 0.29) is 18.0 Å². The van der Waals surface area contributed by atoms with Gasteiger partial charge in [0.1, 0.15) is 0 Å². The predicted octanol–water partition coefficient (Wildman–Crippen LogP) is 3.27. The number of fused-ring (bicyclic) bond motifs is 1. The van der Waals surface area contributed by atoms with Crippen LogP contribution in [0, 0.1) is 5.92 Å². The smallest absolute Gasteiger partial charge is 0.318 e. The maximum atomic E-state index is 12.7.